The number of fused-ring (bicyclic) bond motifs is 1. The molecule has 0 saturated carbocycles. The van der Waals surface area contributed by atoms with Crippen LogP contribution < -0.4 is 19.7 Å². The maximum atomic E-state index is 12.9. The van der Waals surface area contributed by atoms with Gasteiger partial charge >= 0.3 is 0 Å². The summed E-state index contributed by atoms with van der Waals surface area (Å²) in [4.78, 5) is 38.3. The number of hydrogen-bond acceptors (Lipinski definition) is 5. The van der Waals surface area contributed by atoms with Gasteiger partial charge in [0.25, 0.3) is 11.8 Å². The van der Waals surface area contributed by atoms with Gasteiger partial charge in [0.05, 0.1) is 12.2 Å². The summed E-state index contributed by atoms with van der Waals surface area (Å²) in [6, 6.07) is 13.8. The van der Waals surface area contributed by atoms with Gasteiger partial charge in [-0.2, -0.15) is 0 Å². The molecule has 1 unspecified atom stereocenters. The molecule has 1 N–H and O–H groups in total. The van der Waals surface area contributed by atoms with E-state index in [2.05, 4.69) is 5.32 Å². The Labute approximate surface area is 169 Å². The Morgan fingerprint density at radius 2 is 1.97 bits per heavy atom. The molecule has 1 aliphatic rings. The van der Waals surface area contributed by atoms with Gasteiger partial charge in [-0.05, 0) is 37.6 Å². The minimum atomic E-state index is -0.790. The van der Waals surface area contributed by atoms with E-state index in [4.69, 9.17) is 9.47 Å². The Morgan fingerprint density at radius 1 is 1.17 bits per heavy atom. The molecule has 0 radical (unpaired) electrons. The first-order valence-electron chi connectivity index (χ1n) is 9.57. The molecule has 1 aliphatic heterocycles. The minimum absolute atomic E-state index is 0.0789. The van der Waals surface area contributed by atoms with Crippen molar-refractivity contribution >= 4 is 23.3 Å². The van der Waals surface area contributed by atoms with E-state index < -0.39 is 6.10 Å². The summed E-state index contributed by atoms with van der Waals surface area (Å²) < 4.78 is 11.4. The second-order valence-corrected chi connectivity index (χ2v) is 6.74. The number of para-hydroxylation sites is 2. The third-order valence-electron chi connectivity index (χ3n) is 4.52. The molecular weight excluding hydrogens is 372 g/mol. The van der Waals surface area contributed by atoms with E-state index >= 15 is 0 Å². The molecule has 2 amide bonds. The van der Waals surface area contributed by atoms with Gasteiger partial charge in [-0.1, -0.05) is 31.2 Å². The second kappa shape index (κ2) is 9.23. The van der Waals surface area contributed by atoms with Crippen molar-refractivity contribution in [1.29, 1.82) is 0 Å². The number of ether oxygens (including phenoxy) is 2. The van der Waals surface area contributed by atoms with Gasteiger partial charge in [-0.15, -0.1) is 0 Å². The molecule has 1 heterocycles. The van der Waals surface area contributed by atoms with Crippen LogP contribution in [0.15, 0.2) is 48.5 Å². The molecule has 29 heavy (non-hydrogen) atoms. The first kappa shape index (κ1) is 20.4. The molecule has 1 atom stereocenters. The molecule has 0 aliphatic carbocycles. The lowest BCUT2D eigenvalue weighted by molar-refractivity contribution is -0.128. The SMILES string of the molecule is CCCNC(=O)C1CN(C(=O)COc2cccc(C(C)=O)c2)c2ccccc2O1. The van der Waals surface area contributed by atoms with Gasteiger partial charge < -0.3 is 19.7 Å². The highest BCUT2D eigenvalue weighted by Crippen LogP contribution is 2.33. The molecule has 0 saturated heterocycles. The fraction of sp³-hybridized carbons (Fsp3) is 0.318. The van der Waals surface area contributed by atoms with E-state index in [-0.39, 0.29) is 30.7 Å². The molecule has 7 heteroatoms. The number of hydrogen-bond donors (Lipinski definition) is 1. The fourth-order valence-corrected chi connectivity index (χ4v) is 3.00. The second-order valence-electron chi connectivity index (χ2n) is 6.74. The number of carbonyl (C=O) groups is 3. The lowest BCUT2D eigenvalue weighted by Gasteiger charge is -2.34. The van der Waals surface area contributed by atoms with Crippen LogP contribution in [-0.4, -0.2) is 43.4 Å². The van der Waals surface area contributed by atoms with Gasteiger partial charge in [0.1, 0.15) is 11.5 Å². The van der Waals surface area contributed by atoms with Crippen molar-refractivity contribution in [2.45, 2.75) is 26.4 Å². The summed E-state index contributed by atoms with van der Waals surface area (Å²) in [6.07, 6.45) is 0.0200. The molecule has 0 spiro atoms. The molecule has 0 fully saturated rings. The van der Waals surface area contributed by atoms with E-state index in [0.29, 0.717) is 29.3 Å². The third-order valence-corrected chi connectivity index (χ3v) is 4.52. The lowest BCUT2D eigenvalue weighted by atomic mass is 10.1. The average Bonchev–Trinajstić information content (AvgIpc) is 2.75. The highest BCUT2D eigenvalue weighted by atomic mass is 16.5. The number of rotatable bonds is 7. The van der Waals surface area contributed by atoms with Gasteiger partial charge in [0.15, 0.2) is 18.5 Å². The summed E-state index contributed by atoms with van der Waals surface area (Å²) in [5.74, 6) is 0.272. The summed E-state index contributed by atoms with van der Waals surface area (Å²) in [5.41, 5.74) is 1.11. The van der Waals surface area contributed by atoms with Crippen molar-refractivity contribution in [1.82, 2.24) is 5.32 Å². The van der Waals surface area contributed by atoms with Gasteiger partial charge in [0.2, 0.25) is 0 Å². The number of anilines is 1. The molecule has 0 bridgehead atoms. The molecule has 3 rings (SSSR count). The summed E-state index contributed by atoms with van der Waals surface area (Å²) in [7, 11) is 0. The smallest absolute Gasteiger partial charge is 0.265 e. The number of ketones is 1. The van der Waals surface area contributed by atoms with Gasteiger partial charge in [0, 0.05) is 12.1 Å². The van der Waals surface area contributed by atoms with Crippen molar-refractivity contribution in [3.05, 3.63) is 54.1 Å². The van der Waals surface area contributed by atoms with Gasteiger partial charge in [-0.25, -0.2) is 0 Å². The van der Waals surface area contributed by atoms with E-state index in [1.54, 1.807) is 48.5 Å². The highest BCUT2D eigenvalue weighted by Gasteiger charge is 2.33. The Balaban J connectivity index is 1.73. The lowest BCUT2D eigenvalue weighted by Crippen LogP contribution is -2.51. The van der Waals surface area contributed by atoms with Gasteiger partial charge in [-0.3, -0.25) is 14.4 Å². The third kappa shape index (κ3) is 4.93. The zero-order valence-electron chi connectivity index (χ0n) is 16.5. The van der Waals surface area contributed by atoms with Crippen molar-refractivity contribution in [2.75, 3.05) is 24.6 Å². The van der Waals surface area contributed by atoms with Crippen LogP contribution in [0.2, 0.25) is 0 Å². The van der Waals surface area contributed by atoms with Crippen molar-refractivity contribution in [2.24, 2.45) is 0 Å². The van der Waals surface area contributed by atoms with Crippen LogP contribution in [0.25, 0.3) is 0 Å². The number of nitrogens with zero attached hydrogens (tertiary/aromatic N) is 1. The summed E-state index contributed by atoms with van der Waals surface area (Å²) in [6.45, 7) is 3.86. The molecule has 0 aromatic heterocycles. The normalized spacial score (nSPS) is 15.1. The Kier molecular flexibility index (Phi) is 6.49. The number of nitrogens with one attached hydrogen (secondary N) is 1. The maximum Gasteiger partial charge on any atom is 0.265 e. The van der Waals surface area contributed by atoms with Crippen LogP contribution in [0.5, 0.6) is 11.5 Å². The zero-order valence-corrected chi connectivity index (χ0v) is 16.5. The van der Waals surface area contributed by atoms with E-state index in [1.807, 2.05) is 6.92 Å². The standard InChI is InChI=1S/C22H24N2O5/c1-3-11-23-22(27)20-13-24(18-9-4-5-10-19(18)29-20)21(26)14-28-17-8-6-7-16(12-17)15(2)25/h4-10,12,20H,3,11,13-14H2,1-2H3,(H,23,27). The number of Topliss-reactive ketones (excluding diaryl/α,β-unsaturated/α-hetero) is 1. The predicted octanol–water partition coefficient (Wildman–Crippen LogP) is 2.59. The van der Waals surface area contributed by atoms with Crippen LogP contribution >= 0.6 is 0 Å². The maximum absolute atomic E-state index is 12.9. The first-order chi connectivity index (χ1) is 14.0. The summed E-state index contributed by atoms with van der Waals surface area (Å²) >= 11 is 0. The van der Waals surface area contributed by atoms with Crippen LogP contribution in [0.1, 0.15) is 30.6 Å². The minimum Gasteiger partial charge on any atom is -0.484 e. The number of amides is 2. The fourth-order valence-electron chi connectivity index (χ4n) is 3.00. The van der Waals surface area contributed by atoms with E-state index in [0.717, 1.165) is 6.42 Å². The van der Waals surface area contributed by atoms with E-state index in [1.165, 1.54) is 11.8 Å². The number of carbonyl (C=O) groups excluding carboxylic acids is 3. The molecule has 7 nitrogen and oxygen atoms in total. The van der Waals surface area contributed by atoms with Crippen LogP contribution in [-0.2, 0) is 9.59 Å². The van der Waals surface area contributed by atoms with Crippen LogP contribution in [0.4, 0.5) is 5.69 Å². The van der Waals surface area contributed by atoms with Crippen molar-refractivity contribution in [3.8, 4) is 11.5 Å². The summed E-state index contributed by atoms with van der Waals surface area (Å²) in [5, 5.41) is 2.80. The number of benzene rings is 2. The van der Waals surface area contributed by atoms with Crippen molar-refractivity contribution in [3.63, 3.8) is 0 Å². The predicted molar refractivity (Wildman–Crippen MR) is 108 cm³/mol. The van der Waals surface area contributed by atoms with Crippen molar-refractivity contribution < 1.29 is 23.9 Å². The first-order valence-corrected chi connectivity index (χ1v) is 9.57. The highest BCUT2D eigenvalue weighted by molar-refractivity contribution is 5.98. The largest absolute Gasteiger partial charge is 0.484 e. The van der Waals surface area contributed by atoms with Crippen LogP contribution in [0, 0.1) is 0 Å². The molecular formula is C22H24N2O5. The monoisotopic (exact) mass is 396 g/mol. The Hall–Kier alpha value is -3.35. The molecule has 2 aromatic carbocycles. The average molecular weight is 396 g/mol. The molecule has 2 aromatic rings. The Morgan fingerprint density at radius 3 is 2.72 bits per heavy atom. The zero-order chi connectivity index (χ0) is 20.8. The Bertz CT molecular complexity index is 912. The van der Waals surface area contributed by atoms with E-state index in [9.17, 15) is 14.4 Å². The topological polar surface area (TPSA) is 84.9 Å². The van der Waals surface area contributed by atoms with Crippen LogP contribution in [0.3, 0.4) is 0 Å². The quantitative estimate of drug-likeness (QED) is 0.727. The molecule has 152 valence electrons.